The standard InChI is InChI=1S/C25H25ClN6O3.C2H6/c1-14-8-17(31-29-11-14)13-35-21-9-16(3)32(23(33)22(21)26)20-10-19(28-12-15(20)2)18-6-7-27-24(30-18)25(4,5)34;1-2/h6-12,34H,13H2,1-5H3;1-2H3. The van der Waals surface area contributed by atoms with Gasteiger partial charge >= 0.3 is 0 Å². The maximum absolute atomic E-state index is 13.3. The minimum Gasteiger partial charge on any atom is -0.485 e. The first-order chi connectivity index (χ1) is 17.5. The van der Waals surface area contributed by atoms with Gasteiger partial charge in [-0.15, -0.1) is 0 Å². The summed E-state index contributed by atoms with van der Waals surface area (Å²) in [6, 6.07) is 7.03. The highest BCUT2D eigenvalue weighted by Crippen LogP contribution is 2.27. The Labute approximate surface area is 221 Å². The largest absolute Gasteiger partial charge is 0.485 e. The van der Waals surface area contributed by atoms with Gasteiger partial charge in [0.1, 0.15) is 28.7 Å². The first-order valence-corrected chi connectivity index (χ1v) is 12.3. The Hall–Kier alpha value is -3.69. The van der Waals surface area contributed by atoms with E-state index in [0.717, 1.165) is 11.1 Å². The van der Waals surface area contributed by atoms with E-state index in [1.165, 1.54) is 4.57 Å². The molecule has 0 atom stereocenters. The first-order valence-electron chi connectivity index (χ1n) is 11.9. The predicted octanol–water partition coefficient (Wildman–Crippen LogP) is 4.89. The number of aromatic nitrogens is 6. The molecule has 0 unspecified atom stereocenters. The lowest BCUT2D eigenvalue weighted by atomic mass is 10.1. The molecule has 4 heterocycles. The van der Waals surface area contributed by atoms with Gasteiger partial charge < -0.3 is 9.84 Å². The number of hydrogen-bond acceptors (Lipinski definition) is 8. The van der Waals surface area contributed by atoms with Gasteiger partial charge in [-0.3, -0.25) is 14.3 Å². The fourth-order valence-electron chi connectivity index (χ4n) is 3.52. The Morgan fingerprint density at radius 1 is 1.05 bits per heavy atom. The van der Waals surface area contributed by atoms with E-state index in [-0.39, 0.29) is 23.2 Å². The summed E-state index contributed by atoms with van der Waals surface area (Å²) in [5.74, 6) is 0.543. The minimum atomic E-state index is -1.20. The van der Waals surface area contributed by atoms with Crippen LogP contribution in [0, 0.1) is 20.8 Å². The zero-order valence-electron chi connectivity index (χ0n) is 22.1. The van der Waals surface area contributed by atoms with Crippen LogP contribution < -0.4 is 10.3 Å². The van der Waals surface area contributed by atoms with E-state index in [9.17, 15) is 9.90 Å². The highest BCUT2D eigenvalue weighted by atomic mass is 35.5. The zero-order valence-corrected chi connectivity index (χ0v) is 22.8. The molecule has 0 saturated carbocycles. The number of nitrogens with zero attached hydrogens (tertiary/aromatic N) is 6. The average Bonchev–Trinajstić information content (AvgIpc) is 2.87. The molecule has 9 nitrogen and oxygen atoms in total. The van der Waals surface area contributed by atoms with Gasteiger partial charge in [0, 0.05) is 24.2 Å². The molecule has 0 radical (unpaired) electrons. The number of aryl methyl sites for hydroxylation is 3. The molecule has 0 amide bonds. The maximum Gasteiger partial charge on any atom is 0.277 e. The summed E-state index contributed by atoms with van der Waals surface area (Å²) >= 11 is 6.44. The third kappa shape index (κ3) is 6.36. The molecule has 0 aliphatic rings. The smallest absolute Gasteiger partial charge is 0.277 e. The topological polar surface area (TPSA) is 116 Å². The van der Waals surface area contributed by atoms with Gasteiger partial charge in [-0.2, -0.15) is 10.2 Å². The molecular formula is C27H31ClN6O3. The molecule has 0 bridgehead atoms. The van der Waals surface area contributed by atoms with Crippen LogP contribution in [-0.2, 0) is 12.2 Å². The second-order valence-electron chi connectivity index (χ2n) is 8.80. The average molecular weight is 523 g/mol. The molecule has 10 heteroatoms. The Morgan fingerprint density at radius 2 is 1.78 bits per heavy atom. The monoisotopic (exact) mass is 522 g/mol. The van der Waals surface area contributed by atoms with Crippen LogP contribution in [0.3, 0.4) is 0 Å². The van der Waals surface area contributed by atoms with E-state index in [4.69, 9.17) is 16.3 Å². The van der Waals surface area contributed by atoms with Crippen LogP contribution in [0.15, 0.2) is 47.7 Å². The van der Waals surface area contributed by atoms with Gasteiger partial charge in [-0.25, -0.2) is 9.97 Å². The third-order valence-corrected chi connectivity index (χ3v) is 5.65. The second-order valence-corrected chi connectivity index (χ2v) is 9.18. The van der Waals surface area contributed by atoms with Crippen LogP contribution in [0.2, 0.25) is 5.02 Å². The number of aliphatic hydroxyl groups is 1. The molecule has 0 aliphatic carbocycles. The van der Waals surface area contributed by atoms with Crippen LogP contribution in [-0.4, -0.2) is 34.8 Å². The summed E-state index contributed by atoms with van der Waals surface area (Å²) in [4.78, 5) is 26.4. The number of rotatable bonds is 6. The van der Waals surface area contributed by atoms with E-state index in [0.29, 0.717) is 28.5 Å². The lowest BCUT2D eigenvalue weighted by Crippen LogP contribution is -2.23. The van der Waals surface area contributed by atoms with Gasteiger partial charge in [0.15, 0.2) is 5.82 Å². The van der Waals surface area contributed by atoms with Crippen LogP contribution in [0.5, 0.6) is 5.75 Å². The Morgan fingerprint density at radius 3 is 2.46 bits per heavy atom. The van der Waals surface area contributed by atoms with Crippen molar-refractivity contribution in [1.82, 2.24) is 29.7 Å². The van der Waals surface area contributed by atoms with Crippen molar-refractivity contribution in [2.24, 2.45) is 0 Å². The molecular weight excluding hydrogens is 492 g/mol. The van der Waals surface area contributed by atoms with E-state index >= 15 is 0 Å². The van der Waals surface area contributed by atoms with Gasteiger partial charge in [-0.05, 0) is 63.9 Å². The van der Waals surface area contributed by atoms with Crippen molar-refractivity contribution in [1.29, 1.82) is 0 Å². The molecule has 0 aliphatic heterocycles. The van der Waals surface area contributed by atoms with Gasteiger partial charge in [0.2, 0.25) is 0 Å². The van der Waals surface area contributed by atoms with E-state index in [1.54, 1.807) is 57.6 Å². The molecule has 0 spiro atoms. The Bertz CT molecular complexity index is 1460. The predicted molar refractivity (Wildman–Crippen MR) is 143 cm³/mol. The fraction of sp³-hybridized carbons (Fsp3) is 0.333. The minimum absolute atomic E-state index is 0.0414. The summed E-state index contributed by atoms with van der Waals surface area (Å²) in [7, 11) is 0. The number of ether oxygens (including phenoxy) is 1. The summed E-state index contributed by atoms with van der Waals surface area (Å²) in [6.45, 7) is 12.9. The van der Waals surface area contributed by atoms with Gasteiger partial charge in [0.25, 0.3) is 5.56 Å². The summed E-state index contributed by atoms with van der Waals surface area (Å²) in [6.07, 6.45) is 4.88. The maximum atomic E-state index is 13.3. The summed E-state index contributed by atoms with van der Waals surface area (Å²) < 4.78 is 7.31. The van der Waals surface area contributed by atoms with Crippen LogP contribution in [0.1, 0.15) is 56.0 Å². The quantitative estimate of drug-likeness (QED) is 0.380. The van der Waals surface area contributed by atoms with Crippen LogP contribution in [0.4, 0.5) is 0 Å². The molecule has 0 fully saturated rings. The molecule has 4 aromatic rings. The van der Waals surface area contributed by atoms with E-state index in [1.807, 2.05) is 33.8 Å². The zero-order chi connectivity index (χ0) is 27.3. The van der Waals surface area contributed by atoms with Gasteiger partial charge in [0.05, 0.1) is 23.3 Å². The first kappa shape index (κ1) is 27.9. The van der Waals surface area contributed by atoms with Crippen molar-refractivity contribution in [3.05, 3.63) is 86.6 Å². The lowest BCUT2D eigenvalue weighted by molar-refractivity contribution is 0.0688. The normalized spacial score (nSPS) is 11.1. The summed E-state index contributed by atoms with van der Waals surface area (Å²) in [5.41, 5.74) is 3.03. The van der Waals surface area contributed by atoms with Crippen molar-refractivity contribution in [3.63, 3.8) is 0 Å². The number of hydrogen-bond donors (Lipinski definition) is 1. The van der Waals surface area contributed by atoms with Crippen molar-refractivity contribution < 1.29 is 9.84 Å². The molecule has 4 rings (SSSR count). The third-order valence-electron chi connectivity index (χ3n) is 5.30. The fourth-order valence-corrected chi connectivity index (χ4v) is 3.71. The molecule has 37 heavy (non-hydrogen) atoms. The Balaban J connectivity index is 0.00000186. The molecule has 0 aromatic carbocycles. The SMILES string of the molecule is CC.Cc1cnnc(COc2cc(C)n(-c3cc(-c4ccnc(C(C)(C)O)n4)ncc3C)c(=O)c2Cl)c1. The number of halogens is 1. The molecule has 194 valence electrons. The summed E-state index contributed by atoms with van der Waals surface area (Å²) in [5, 5.41) is 18.2. The van der Waals surface area contributed by atoms with Crippen LogP contribution in [0.25, 0.3) is 17.1 Å². The van der Waals surface area contributed by atoms with E-state index < -0.39 is 11.2 Å². The van der Waals surface area contributed by atoms with Gasteiger partial charge in [-0.1, -0.05) is 25.4 Å². The second kappa shape index (κ2) is 11.6. The molecule has 4 aromatic heterocycles. The Kier molecular flexibility index (Phi) is 8.73. The molecule has 0 saturated heterocycles. The van der Waals surface area contributed by atoms with Crippen molar-refractivity contribution in [3.8, 4) is 22.8 Å². The molecule has 1 N–H and O–H groups in total. The number of pyridine rings is 2. The highest BCUT2D eigenvalue weighted by molar-refractivity contribution is 6.31. The van der Waals surface area contributed by atoms with E-state index in [2.05, 4.69) is 25.1 Å². The lowest BCUT2D eigenvalue weighted by Gasteiger charge is -2.17. The highest BCUT2D eigenvalue weighted by Gasteiger charge is 2.21. The van der Waals surface area contributed by atoms with Crippen LogP contribution >= 0.6 is 11.6 Å². The van der Waals surface area contributed by atoms with Crippen molar-refractivity contribution in [2.45, 2.75) is 60.7 Å². The van der Waals surface area contributed by atoms with Crippen molar-refractivity contribution >= 4 is 11.6 Å². The van der Waals surface area contributed by atoms with Crippen molar-refractivity contribution in [2.75, 3.05) is 0 Å².